The van der Waals surface area contributed by atoms with Crippen LogP contribution in [0.15, 0.2) is 36.4 Å². The van der Waals surface area contributed by atoms with Crippen molar-refractivity contribution in [3.8, 4) is 5.69 Å². The number of allylic oxidation sites excluding steroid dienone is 2. The van der Waals surface area contributed by atoms with Crippen molar-refractivity contribution in [1.29, 1.82) is 0 Å². The second-order valence-corrected chi connectivity index (χ2v) is 6.89. The molecule has 2 amide bonds. The molecule has 1 aromatic heterocycles. The molecule has 2 N–H and O–H groups in total. The third-order valence-electron chi connectivity index (χ3n) is 5.12. The van der Waals surface area contributed by atoms with Gasteiger partial charge in [-0.15, -0.1) is 5.10 Å². The molecule has 1 aromatic carbocycles. The molecule has 3 atom stereocenters. The smallest absolute Gasteiger partial charge is 0.313 e. The molecular weight excluding hydrogens is 332 g/mol. The maximum atomic E-state index is 12.2. The quantitative estimate of drug-likeness (QED) is 0.637. The minimum Gasteiger partial charge on any atom is -0.348 e. The van der Waals surface area contributed by atoms with Gasteiger partial charge in [0.2, 0.25) is 0 Å². The first kappa shape index (κ1) is 16.4. The van der Waals surface area contributed by atoms with Gasteiger partial charge >= 0.3 is 11.8 Å². The molecule has 0 saturated heterocycles. The van der Waals surface area contributed by atoms with Gasteiger partial charge in [-0.2, -0.15) is 4.68 Å². The van der Waals surface area contributed by atoms with E-state index in [-0.39, 0.29) is 0 Å². The molecule has 2 bridgehead atoms. The number of carbonyl (C=O) groups excluding carboxylic acids is 2. The number of carbonyl (C=O) groups is 2. The van der Waals surface area contributed by atoms with Crippen LogP contribution in [0, 0.1) is 24.7 Å². The van der Waals surface area contributed by atoms with Crippen molar-refractivity contribution in [2.75, 3.05) is 11.9 Å². The molecule has 0 aliphatic heterocycles. The van der Waals surface area contributed by atoms with Crippen LogP contribution < -0.4 is 10.6 Å². The number of nitrogens with one attached hydrogen (secondary N) is 2. The minimum absolute atomic E-state index is 0.438. The Labute approximate surface area is 150 Å². The normalized spacial score (nSPS) is 23.2. The first-order valence-electron chi connectivity index (χ1n) is 8.73. The third-order valence-corrected chi connectivity index (χ3v) is 5.12. The number of anilines is 1. The van der Waals surface area contributed by atoms with E-state index in [4.69, 9.17) is 0 Å². The molecule has 26 heavy (non-hydrogen) atoms. The van der Waals surface area contributed by atoms with Gasteiger partial charge in [0.15, 0.2) is 5.82 Å². The molecule has 2 aromatic rings. The predicted molar refractivity (Wildman–Crippen MR) is 94.4 cm³/mol. The van der Waals surface area contributed by atoms with Gasteiger partial charge in [-0.1, -0.05) is 18.2 Å². The lowest BCUT2D eigenvalue weighted by atomic mass is 9.94. The maximum Gasteiger partial charge on any atom is 0.313 e. The zero-order valence-electron chi connectivity index (χ0n) is 14.4. The van der Waals surface area contributed by atoms with Crippen molar-refractivity contribution >= 4 is 17.5 Å². The van der Waals surface area contributed by atoms with Crippen LogP contribution in [0.3, 0.4) is 0 Å². The summed E-state index contributed by atoms with van der Waals surface area (Å²) in [6, 6.07) is 7.03. The van der Waals surface area contributed by atoms with Gasteiger partial charge in [-0.05, 0) is 66.1 Å². The van der Waals surface area contributed by atoms with E-state index in [0.29, 0.717) is 41.5 Å². The molecule has 8 heteroatoms. The van der Waals surface area contributed by atoms with E-state index in [2.05, 4.69) is 38.3 Å². The molecular formula is C18H20N6O2. The van der Waals surface area contributed by atoms with Crippen molar-refractivity contribution in [2.45, 2.75) is 19.8 Å². The zero-order valence-corrected chi connectivity index (χ0v) is 14.4. The Morgan fingerprint density at radius 1 is 1.23 bits per heavy atom. The van der Waals surface area contributed by atoms with Crippen LogP contribution in [0.4, 0.5) is 5.69 Å². The average Bonchev–Trinajstić information content (AvgIpc) is 3.36. The summed E-state index contributed by atoms with van der Waals surface area (Å²) in [5, 5.41) is 16.7. The summed E-state index contributed by atoms with van der Waals surface area (Å²) in [5.41, 5.74) is 1.22. The average molecular weight is 352 g/mol. The highest BCUT2D eigenvalue weighted by molar-refractivity contribution is 6.39. The van der Waals surface area contributed by atoms with Gasteiger partial charge < -0.3 is 10.6 Å². The number of tetrazole rings is 1. The first-order chi connectivity index (χ1) is 12.6. The van der Waals surface area contributed by atoms with Gasteiger partial charge in [0.25, 0.3) is 0 Å². The molecule has 1 heterocycles. The summed E-state index contributed by atoms with van der Waals surface area (Å²) in [4.78, 5) is 24.3. The molecule has 2 aliphatic rings. The number of rotatable bonds is 4. The second-order valence-electron chi connectivity index (χ2n) is 6.89. The Balaban J connectivity index is 1.35. The molecule has 0 spiro atoms. The molecule has 1 saturated carbocycles. The fourth-order valence-electron chi connectivity index (χ4n) is 3.81. The largest absolute Gasteiger partial charge is 0.348 e. The molecule has 0 unspecified atom stereocenters. The number of hydrogen-bond donors (Lipinski definition) is 2. The molecule has 2 aliphatic carbocycles. The molecule has 8 nitrogen and oxygen atoms in total. The number of hydrogen-bond acceptors (Lipinski definition) is 5. The van der Waals surface area contributed by atoms with Crippen molar-refractivity contribution in [2.24, 2.45) is 17.8 Å². The van der Waals surface area contributed by atoms with E-state index in [1.807, 2.05) is 6.07 Å². The van der Waals surface area contributed by atoms with Gasteiger partial charge in [-0.3, -0.25) is 9.59 Å². The number of benzene rings is 1. The summed E-state index contributed by atoms with van der Waals surface area (Å²) in [7, 11) is 0. The van der Waals surface area contributed by atoms with E-state index in [9.17, 15) is 9.59 Å². The minimum atomic E-state index is -0.672. The number of aromatic nitrogens is 4. The Morgan fingerprint density at radius 3 is 2.81 bits per heavy atom. The monoisotopic (exact) mass is 352 g/mol. The van der Waals surface area contributed by atoms with E-state index >= 15 is 0 Å². The number of fused-ring (bicyclic) bond motifs is 2. The molecule has 4 rings (SSSR count). The Bertz CT molecular complexity index is 874. The first-order valence-corrected chi connectivity index (χ1v) is 8.73. The number of aryl methyl sites for hydroxylation is 1. The summed E-state index contributed by atoms with van der Waals surface area (Å²) < 4.78 is 1.55. The zero-order chi connectivity index (χ0) is 18.1. The van der Waals surface area contributed by atoms with Crippen molar-refractivity contribution in [3.63, 3.8) is 0 Å². The van der Waals surface area contributed by atoms with Crippen LogP contribution in [0.2, 0.25) is 0 Å². The van der Waals surface area contributed by atoms with Gasteiger partial charge in [0.1, 0.15) is 0 Å². The van der Waals surface area contributed by atoms with Crippen molar-refractivity contribution in [1.82, 2.24) is 25.5 Å². The lowest BCUT2D eigenvalue weighted by Gasteiger charge is -2.18. The fourth-order valence-corrected chi connectivity index (χ4v) is 3.81. The predicted octanol–water partition coefficient (Wildman–Crippen LogP) is 1.24. The van der Waals surface area contributed by atoms with Crippen molar-refractivity contribution in [3.05, 3.63) is 42.2 Å². The van der Waals surface area contributed by atoms with E-state index in [1.165, 1.54) is 6.42 Å². The molecule has 134 valence electrons. The fraction of sp³-hybridized carbons (Fsp3) is 0.389. The topological polar surface area (TPSA) is 102 Å². The number of nitrogens with zero attached hydrogens (tertiary/aromatic N) is 4. The summed E-state index contributed by atoms with van der Waals surface area (Å²) >= 11 is 0. The SMILES string of the molecule is Cc1nnnn1-c1cccc(NC(=O)C(=O)NC[C@@H]2C[C@@H]3C=C[C@H]2C3)c1. The maximum absolute atomic E-state index is 12.2. The highest BCUT2D eigenvalue weighted by Gasteiger charge is 2.35. The van der Waals surface area contributed by atoms with Crippen LogP contribution in [0.25, 0.3) is 5.69 Å². The van der Waals surface area contributed by atoms with Crippen LogP contribution in [0.5, 0.6) is 0 Å². The van der Waals surface area contributed by atoms with Crippen molar-refractivity contribution < 1.29 is 9.59 Å². The Kier molecular flexibility index (Phi) is 4.24. The van der Waals surface area contributed by atoms with E-state index in [1.54, 1.807) is 29.8 Å². The van der Waals surface area contributed by atoms with E-state index < -0.39 is 11.8 Å². The summed E-state index contributed by atoms with van der Waals surface area (Å²) in [6.45, 7) is 2.32. The number of amides is 2. The highest BCUT2D eigenvalue weighted by atomic mass is 16.2. The van der Waals surface area contributed by atoms with E-state index in [0.717, 1.165) is 6.42 Å². The molecule has 0 radical (unpaired) electrons. The summed E-state index contributed by atoms with van der Waals surface area (Å²) in [6.07, 6.45) is 6.76. The second kappa shape index (κ2) is 6.70. The summed E-state index contributed by atoms with van der Waals surface area (Å²) in [5.74, 6) is 0.974. The van der Waals surface area contributed by atoms with Crippen LogP contribution in [-0.4, -0.2) is 38.6 Å². The lowest BCUT2D eigenvalue weighted by molar-refractivity contribution is -0.136. The van der Waals surface area contributed by atoms with Gasteiger partial charge in [0, 0.05) is 12.2 Å². The Morgan fingerprint density at radius 2 is 2.12 bits per heavy atom. The molecule has 1 fully saturated rings. The van der Waals surface area contributed by atoms with Crippen LogP contribution in [0.1, 0.15) is 18.7 Å². The van der Waals surface area contributed by atoms with Gasteiger partial charge in [-0.25, -0.2) is 0 Å². The Hall–Kier alpha value is -3.03. The lowest BCUT2D eigenvalue weighted by Crippen LogP contribution is -2.38. The van der Waals surface area contributed by atoms with Crippen LogP contribution >= 0.6 is 0 Å². The standard InChI is InChI=1S/C18H20N6O2/c1-11-21-22-23-24(11)16-4-2-3-15(9-16)20-18(26)17(25)19-10-14-8-12-5-6-13(14)7-12/h2-6,9,12-14H,7-8,10H2,1H3,(H,19,25)(H,20,26)/t12-,13+,14+/m1/s1. The highest BCUT2D eigenvalue weighted by Crippen LogP contribution is 2.42. The third kappa shape index (κ3) is 3.22. The van der Waals surface area contributed by atoms with Gasteiger partial charge in [0.05, 0.1) is 5.69 Å². The van der Waals surface area contributed by atoms with Crippen LogP contribution in [-0.2, 0) is 9.59 Å².